The molecule has 132 valence electrons. The number of ether oxygens (including phenoxy) is 1. The van der Waals surface area contributed by atoms with Gasteiger partial charge in [-0.3, -0.25) is 0 Å². The summed E-state index contributed by atoms with van der Waals surface area (Å²) in [5.74, 6) is 0.512. The van der Waals surface area contributed by atoms with Gasteiger partial charge in [0.05, 0.1) is 6.54 Å². The van der Waals surface area contributed by atoms with Crippen LogP contribution in [0.2, 0.25) is 0 Å². The predicted octanol–water partition coefficient (Wildman–Crippen LogP) is 2.66. The molecule has 1 aliphatic rings. The molecule has 1 saturated heterocycles. The Morgan fingerprint density at radius 2 is 2.12 bits per heavy atom. The van der Waals surface area contributed by atoms with Gasteiger partial charge in [-0.15, -0.1) is 5.10 Å². The van der Waals surface area contributed by atoms with Crippen LogP contribution in [0.3, 0.4) is 0 Å². The second kappa shape index (κ2) is 9.01. The third-order valence-corrected chi connectivity index (χ3v) is 4.26. The number of aryl methyl sites for hydroxylation is 1. The maximum atomic E-state index is 12.3. The van der Waals surface area contributed by atoms with E-state index >= 15 is 0 Å². The lowest BCUT2D eigenvalue weighted by Crippen LogP contribution is -2.48. The minimum absolute atomic E-state index is 0.0134. The molecule has 1 aromatic heterocycles. The lowest BCUT2D eigenvalue weighted by molar-refractivity contribution is 0.0970. The Morgan fingerprint density at radius 3 is 2.92 bits per heavy atom. The molecule has 25 heavy (non-hydrogen) atoms. The van der Waals surface area contributed by atoms with Crippen LogP contribution < -0.4 is 10.1 Å². The van der Waals surface area contributed by atoms with Gasteiger partial charge in [-0.05, 0) is 37.3 Å². The number of benzene rings is 1. The smallest absolute Gasteiger partial charge is 0.317 e. The SMILES string of the molecule is O=C(NCCCc1ccccc1)N1CCCC(Oc2cccnn2)C1. The number of aromatic nitrogens is 2. The molecule has 6 heteroatoms. The van der Waals surface area contributed by atoms with E-state index in [9.17, 15) is 4.79 Å². The minimum Gasteiger partial charge on any atom is -0.471 e. The predicted molar refractivity (Wildman–Crippen MR) is 95.4 cm³/mol. The zero-order valence-electron chi connectivity index (χ0n) is 14.3. The van der Waals surface area contributed by atoms with Gasteiger partial charge in [0.15, 0.2) is 0 Å². The number of carbonyl (C=O) groups excluding carboxylic acids is 1. The summed E-state index contributed by atoms with van der Waals surface area (Å²) in [6.45, 7) is 2.03. The summed E-state index contributed by atoms with van der Waals surface area (Å²) < 4.78 is 5.82. The largest absolute Gasteiger partial charge is 0.471 e. The average Bonchev–Trinajstić information content (AvgIpc) is 2.67. The van der Waals surface area contributed by atoms with Crippen LogP contribution in [0.1, 0.15) is 24.8 Å². The van der Waals surface area contributed by atoms with Crippen molar-refractivity contribution in [2.45, 2.75) is 31.8 Å². The lowest BCUT2D eigenvalue weighted by atomic mass is 10.1. The van der Waals surface area contributed by atoms with E-state index < -0.39 is 0 Å². The molecule has 0 spiro atoms. The summed E-state index contributed by atoms with van der Waals surface area (Å²) in [5, 5.41) is 10.8. The Labute approximate surface area is 148 Å². The van der Waals surface area contributed by atoms with Crippen molar-refractivity contribution in [3.8, 4) is 5.88 Å². The Balaban J connectivity index is 1.39. The number of nitrogens with one attached hydrogen (secondary N) is 1. The van der Waals surface area contributed by atoms with Gasteiger partial charge in [0.2, 0.25) is 5.88 Å². The first-order chi connectivity index (χ1) is 12.3. The van der Waals surface area contributed by atoms with E-state index in [0.717, 1.165) is 32.2 Å². The molecule has 0 bridgehead atoms. The number of rotatable bonds is 6. The Kier molecular flexibility index (Phi) is 6.20. The van der Waals surface area contributed by atoms with Gasteiger partial charge in [-0.25, -0.2) is 4.79 Å². The molecule has 1 N–H and O–H groups in total. The number of amides is 2. The average molecular weight is 340 g/mol. The van der Waals surface area contributed by atoms with Crippen LogP contribution >= 0.6 is 0 Å². The fourth-order valence-corrected chi connectivity index (χ4v) is 2.98. The molecule has 6 nitrogen and oxygen atoms in total. The molecule has 1 unspecified atom stereocenters. The Bertz CT molecular complexity index is 651. The van der Waals surface area contributed by atoms with E-state index in [-0.39, 0.29) is 12.1 Å². The van der Waals surface area contributed by atoms with E-state index in [1.165, 1.54) is 5.56 Å². The van der Waals surface area contributed by atoms with Crippen LogP contribution in [0.15, 0.2) is 48.7 Å². The molecule has 1 atom stereocenters. The Morgan fingerprint density at radius 1 is 1.24 bits per heavy atom. The summed E-state index contributed by atoms with van der Waals surface area (Å²) >= 11 is 0. The second-order valence-electron chi connectivity index (χ2n) is 6.21. The summed E-state index contributed by atoms with van der Waals surface area (Å²) in [7, 11) is 0. The fourth-order valence-electron chi connectivity index (χ4n) is 2.98. The first-order valence-corrected chi connectivity index (χ1v) is 8.82. The van der Waals surface area contributed by atoms with E-state index in [2.05, 4.69) is 27.6 Å². The second-order valence-corrected chi connectivity index (χ2v) is 6.21. The molecule has 2 aromatic rings. The van der Waals surface area contributed by atoms with Crippen LogP contribution in [0.25, 0.3) is 0 Å². The van der Waals surface area contributed by atoms with Crippen molar-refractivity contribution in [1.82, 2.24) is 20.4 Å². The van der Waals surface area contributed by atoms with Crippen molar-refractivity contribution in [3.05, 3.63) is 54.2 Å². The van der Waals surface area contributed by atoms with Gasteiger partial charge in [0, 0.05) is 25.4 Å². The third-order valence-electron chi connectivity index (χ3n) is 4.26. The number of nitrogens with zero attached hydrogens (tertiary/aromatic N) is 3. The van der Waals surface area contributed by atoms with Gasteiger partial charge < -0.3 is 15.0 Å². The summed E-state index contributed by atoms with van der Waals surface area (Å²) in [4.78, 5) is 14.2. The van der Waals surface area contributed by atoms with E-state index in [4.69, 9.17) is 4.74 Å². The molecule has 3 rings (SSSR count). The highest BCUT2D eigenvalue weighted by atomic mass is 16.5. The van der Waals surface area contributed by atoms with E-state index in [1.54, 1.807) is 18.3 Å². The van der Waals surface area contributed by atoms with Crippen LogP contribution in [0, 0.1) is 0 Å². The summed E-state index contributed by atoms with van der Waals surface area (Å²) in [6, 6.07) is 13.9. The van der Waals surface area contributed by atoms with Crippen molar-refractivity contribution < 1.29 is 9.53 Å². The highest BCUT2D eigenvalue weighted by molar-refractivity contribution is 5.74. The number of likely N-dealkylation sites (tertiary alicyclic amines) is 1. The van der Waals surface area contributed by atoms with Crippen LogP contribution in [-0.4, -0.2) is 46.9 Å². The van der Waals surface area contributed by atoms with Gasteiger partial charge in [0.25, 0.3) is 0 Å². The number of piperidine rings is 1. The minimum atomic E-state index is -0.0273. The van der Waals surface area contributed by atoms with Gasteiger partial charge in [-0.1, -0.05) is 30.3 Å². The normalized spacial score (nSPS) is 17.1. The van der Waals surface area contributed by atoms with Gasteiger partial charge in [-0.2, -0.15) is 5.10 Å². The highest BCUT2D eigenvalue weighted by Crippen LogP contribution is 2.16. The van der Waals surface area contributed by atoms with Crippen LogP contribution in [-0.2, 0) is 6.42 Å². The van der Waals surface area contributed by atoms with Crippen molar-refractivity contribution in [2.24, 2.45) is 0 Å². The molecule has 1 aromatic carbocycles. The van der Waals surface area contributed by atoms with Crippen LogP contribution in [0.4, 0.5) is 4.79 Å². The molecule has 1 aliphatic heterocycles. The van der Waals surface area contributed by atoms with Crippen LogP contribution in [0.5, 0.6) is 5.88 Å². The number of urea groups is 1. The topological polar surface area (TPSA) is 67.4 Å². The molecule has 2 heterocycles. The van der Waals surface area contributed by atoms with Crippen molar-refractivity contribution >= 4 is 6.03 Å². The molecule has 2 amide bonds. The molecule has 0 aliphatic carbocycles. The number of carbonyl (C=O) groups is 1. The van der Waals surface area contributed by atoms with Crippen molar-refractivity contribution in [2.75, 3.05) is 19.6 Å². The van der Waals surface area contributed by atoms with Crippen molar-refractivity contribution in [3.63, 3.8) is 0 Å². The fraction of sp³-hybridized carbons (Fsp3) is 0.421. The zero-order valence-corrected chi connectivity index (χ0v) is 14.3. The molecule has 0 saturated carbocycles. The third kappa shape index (κ3) is 5.45. The molecular weight excluding hydrogens is 316 g/mol. The zero-order chi connectivity index (χ0) is 17.3. The van der Waals surface area contributed by atoms with Gasteiger partial charge >= 0.3 is 6.03 Å². The van der Waals surface area contributed by atoms with Crippen molar-refractivity contribution in [1.29, 1.82) is 0 Å². The maximum Gasteiger partial charge on any atom is 0.317 e. The lowest BCUT2D eigenvalue weighted by Gasteiger charge is -2.32. The van der Waals surface area contributed by atoms with E-state index in [0.29, 0.717) is 19.0 Å². The quantitative estimate of drug-likeness (QED) is 0.821. The number of hydrogen-bond donors (Lipinski definition) is 1. The number of hydrogen-bond acceptors (Lipinski definition) is 4. The highest BCUT2D eigenvalue weighted by Gasteiger charge is 2.25. The van der Waals surface area contributed by atoms with E-state index in [1.807, 2.05) is 23.1 Å². The maximum absolute atomic E-state index is 12.3. The molecule has 1 fully saturated rings. The Hall–Kier alpha value is -2.63. The summed E-state index contributed by atoms with van der Waals surface area (Å²) in [6.07, 6.45) is 5.35. The summed E-state index contributed by atoms with van der Waals surface area (Å²) in [5.41, 5.74) is 1.30. The first-order valence-electron chi connectivity index (χ1n) is 8.82. The molecular formula is C19H24N4O2. The monoisotopic (exact) mass is 340 g/mol. The van der Waals surface area contributed by atoms with Gasteiger partial charge in [0.1, 0.15) is 6.10 Å². The molecule has 0 radical (unpaired) electrons. The first kappa shape index (κ1) is 17.2. The standard InChI is InChI=1S/C19H24N4O2/c24-19(20-12-4-9-16-7-2-1-3-8-16)23-14-6-10-17(15-23)25-18-11-5-13-21-22-18/h1-3,5,7-8,11,13,17H,4,6,9-10,12,14-15H2,(H,20,24).